The van der Waals surface area contributed by atoms with E-state index in [9.17, 15) is 0 Å². The molecule has 1 saturated heterocycles. The fourth-order valence-electron chi connectivity index (χ4n) is 2.64. The Kier molecular flexibility index (Phi) is 3.14. The summed E-state index contributed by atoms with van der Waals surface area (Å²) in [5.41, 5.74) is 0.940. The van der Waals surface area contributed by atoms with Crippen LogP contribution in [0, 0.1) is 5.92 Å². The van der Waals surface area contributed by atoms with Crippen molar-refractivity contribution in [3.05, 3.63) is 17.4 Å². The van der Waals surface area contributed by atoms with Gasteiger partial charge in [-0.25, -0.2) is 9.56 Å². The second-order valence-corrected chi connectivity index (χ2v) is 5.59. The summed E-state index contributed by atoms with van der Waals surface area (Å²) in [7, 11) is 4.14. The Morgan fingerprint density at radius 2 is 2.37 bits per heavy atom. The molecule has 0 amide bonds. The maximum absolute atomic E-state index is 5.89. The first-order valence-electron chi connectivity index (χ1n) is 6.39. The molecule has 2 aromatic heterocycles. The molecule has 0 aliphatic carbocycles. The minimum atomic E-state index is 0.489. The number of aromatic amines is 1. The van der Waals surface area contributed by atoms with Crippen molar-refractivity contribution in [2.75, 3.05) is 32.1 Å². The highest BCUT2D eigenvalue weighted by Gasteiger charge is 2.26. The molecule has 5 nitrogen and oxygen atoms in total. The molecule has 100 valence electrons. The molecule has 6 heteroatoms. The van der Waals surface area contributed by atoms with Gasteiger partial charge in [0.05, 0.1) is 16.8 Å². The van der Waals surface area contributed by atoms with E-state index >= 15 is 0 Å². The molecule has 0 aromatic carbocycles. The molecule has 1 fully saturated rings. The Labute approximate surface area is 116 Å². The van der Waals surface area contributed by atoms with Gasteiger partial charge >= 0.3 is 0 Å². The molecule has 0 spiro atoms. The Bertz CT molecular complexity index is 629. The maximum Gasteiger partial charge on any atom is 0.159 e. The Morgan fingerprint density at radius 3 is 3.16 bits per heavy atom. The average molecular weight is 279 g/mol. The number of aromatic nitrogens is 3. The van der Waals surface area contributed by atoms with Gasteiger partial charge in [-0.15, -0.1) is 0 Å². The van der Waals surface area contributed by atoms with Crippen LogP contribution in [0.25, 0.3) is 10.9 Å². The molecule has 1 atom stereocenters. The molecule has 1 N–H and O–H groups in total. The lowest BCUT2D eigenvalue weighted by atomic mass is 10.1. The first kappa shape index (κ1) is 12.4. The normalized spacial score (nSPS) is 19.1. The molecule has 1 unspecified atom stereocenters. The van der Waals surface area contributed by atoms with Crippen molar-refractivity contribution >= 4 is 34.5 Å². The van der Waals surface area contributed by atoms with Crippen molar-refractivity contribution in [1.82, 2.24) is 15.2 Å². The fraction of sp³-hybridized carbons (Fsp3) is 0.462. The number of hydrogen-bond donors (Lipinski definition) is 1. The van der Waals surface area contributed by atoms with Gasteiger partial charge in [-0.05, 0) is 6.42 Å². The second kappa shape index (κ2) is 4.81. The number of halogens is 1. The third-order valence-electron chi connectivity index (χ3n) is 3.43. The third-order valence-corrected chi connectivity index (χ3v) is 3.63. The molecular weight excluding hydrogens is 262 g/mol. The van der Waals surface area contributed by atoms with Gasteiger partial charge < -0.3 is 4.90 Å². The SMILES string of the molecule is C[N+](C)=CC1CCN(c2n[nH]c3cc(Cl)ncc23)C1. The van der Waals surface area contributed by atoms with Gasteiger partial charge in [0, 0.05) is 25.4 Å². The number of nitrogens with one attached hydrogen (secondary N) is 1. The summed E-state index contributed by atoms with van der Waals surface area (Å²) in [6.07, 6.45) is 5.22. The van der Waals surface area contributed by atoms with Crippen LogP contribution in [-0.2, 0) is 0 Å². The van der Waals surface area contributed by atoms with Crippen molar-refractivity contribution in [2.24, 2.45) is 5.92 Å². The molecule has 0 saturated carbocycles. The van der Waals surface area contributed by atoms with Gasteiger partial charge in [0.25, 0.3) is 0 Å². The average Bonchev–Trinajstić information content (AvgIpc) is 2.93. The number of nitrogens with zero attached hydrogens (tertiary/aromatic N) is 4. The van der Waals surface area contributed by atoms with Crippen LogP contribution < -0.4 is 4.90 Å². The molecule has 0 bridgehead atoms. The van der Waals surface area contributed by atoms with Crippen molar-refractivity contribution < 1.29 is 4.58 Å². The van der Waals surface area contributed by atoms with E-state index in [4.69, 9.17) is 11.6 Å². The van der Waals surface area contributed by atoms with Crippen LogP contribution in [0.2, 0.25) is 5.15 Å². The number of anilines is 1. The van der Waals surface area contributed by atoms with E-state index in [2.05, 4.69) is 45.0 Å². The molecule has 3 rings (SSSR count). The lowest BCUT2D eigenvalue weighted by Gasteiger charge is -2.14. The third kappa shape index (κ3) is 2.42. The zero-order valence-corrected chi connectivity index (χ0v) is 11.9. The quantitative estimate of drug-likeness (QED) is 0.517. The van der Waals surface area contributed by atoms with Crippen LogP contribution in [0.1, 0.15) is 6.42 Å². The molecule has 3 heterocycles. The predicted octanol–water partition coefficient (Wildman–Crippen LogP) is 1.78. The lowest BCUT2D eigenvalue weighted by Crippen LogP contribution is -2.21. The summed E-state index contributed by atoms with van der Waals surface area (Å²) < 4.78 is 2.12. The highest BCUT2D eigenvalue weighted by Crippen LogP contribution is 2.28. The van der Waals surface area contributed by atoms with Gasteiger partial charge in [-0.3, -0.25) is 5.10 Å². The zero-order valence-electron chi connectivity index (χ0n) is 11.1. The molecule has 0 radical (unpaired) electrons. The van der Waals surface area contributed by atoms with E-state index in [-0.39, 0.29) is 0 Å². The van der Waals surface area contributed by atoms with Gasteiger partial charge in [0.15, 0.2) is 5.82 Å². The van der Waals surface area contributed by atoms with Crippen molar-refractivity contribution in [3.8, 4) is 0 Å². The summed E-state index contributed by atoms with van der Waals surface area (Å²) in [4.78, 5) is 6.45. The summed E-state index contributed by atoms with van der Waals surface area (Å²) >= 11 is 5.89. The monoisotopic (exact) mass is 278 g/mol. The van der Waals surface area contributed by atoms with Crippen LogP contribution in [0.4, 0.5) is 5.82 Å². The number of pyridine rings is 1. The molecule has 2 aromatic rings. The largest absolute Gasteiger partial charge is 0.354 e. The first-order chi connectivity index (χ1) is 9.13. The topological polar surface area (TPSA) is 47.8 Å². The van der Waals surface area contributed by atoms with E-state index in [0.29, 0.717) is 11.1 Å². The Hall–Kier alpha value is -1.62. The van der Waals surface area contributed by atoms with Crippen molar-refractivity contribution in [1.29, 1.82) is 0 Å². The van der Waals surface area contributed by atoms with Crippen molar-refractivity contribution in [2.45, 2.75) is 6.42 Å². The van der Waals surface area contributed by atoms with Crippen molar-refractivity contribution in [3.63, 3.8) is 0 Å². The zero-order chi connectivity index (χ0) is 13.4. The number of fused-ring (bicyclic) bond motifs is 1. The van der Waals surface area contributed by atoms with E-state index in [1.165, 1.54) is 0 Å². The summed E-state index contributed by atoms with van der Waals surface area (Å²) in [5, 5.41) is 8.96. The minimum absolute atomic E-state index is 0.489. The van der Waals surface area contributed by atoms with Crippen LogP contribution in [0.5, 0.6) is 0 Å². The van der Waals surface area contributed by atoms with E-state index in [0.717, 1.165) is 36.2 Å². The number of H-pyrrole nitrogens is 1. The number of hydrogen-bond acceptors (Lipinski definition) is 3. The van der Waals surface area contributed by atoms with Gasteiger partial charge in [-0.2, -0.15) is 5.10 Å². The minimum Gasteiger partial charge on any atom is -0.354 e. The molecule has 1 aliphatic rings. The summed E-state index contributed by atoms with van der Waals surface area (Å²) in [5.74, 6) is 1.57. The predicted molar refractivity (Wildman–Crippen MR) is 77.4 cm³/mol. The Balaban J connectivity index is 1.88. The van der Waals surface area contributed by atoms with Gasteiger partial charge in [0.1, 0.15) is 25.5 Å². The standard InChI is InChI=1S/C13H17ClN5/c1-18(2)7-9-3-4-19(8-9)13-10-6-15-12(14)5-11(10)16-17-13/h5-7,9H,3-4,8H2,1-2H3,(H,16,17)/q+1. The maximum atomic E-state index is 5.89. The second-order valence-electron chi connectivity index (χ2n) is 5.21. The van der Waals surface area contributed by atoms with E-state index in [1.807, 2.05) is 6.07 Å². The lowest BCUT2D eigenvalue weighted by molar-refractivity contribution is -0.461. The Morgan fingerprint density at radius 1 is 1.53 bits per heavy atom. The van der Waals surface area contributed by atoms with Gasteiger partial charge in [-0.1, -0.05) is 11.6 Å². The van der Waals surface area contributed by atoms with Gasteiger partial charge in [0.2, 0.25) is 0 Å². The molecule has 19 heavy (non-hydrogen) atoms. The van der Waals surface area contributed by atoms with Crippen LogP contribution >= 0.6 is 11.6 Å². The van der Waals surface area contributed by atoms with Crippen LogP contribution in [0.3, 0.4) is 0 Å². The van der Waals surface area contributed by atoms with E-state index < -0.39 is 0 Å². The number of rotatable bonds is 2. The summed E-state index contributed by atoms with van der Waals surface area (Å²) in [6, 6.07) is 1.81. The highest BCUT2D eigenvalue weighted by atomic mass is 35.5. The fourth-order valence-corrected chi connectivity index (χ4v) is 2.80. The molecular formula is C13H17ClN5+. The smallest absolute Gasteiger partial charge is 0.159 e. The van der Waals surface area contributed by atoms with Crippen LogP contribution in [0.15, 0.2) is 12.3 Å². The molecule has 1 aliphatic heterocycles. The first-order valence-corrected chi connectivity index (χ1v) is 6.77. The van der Waals surface area contributed by atoms with Crippen LogP contribution in [-0.4, -0.2) is 53.2 Å². The highest BCUT2D eigenvalue weighted by molar-refractivity contribution is 6.30. The summed E-state index contributed by atoms with van der Waals surface area (Å²) in [6.45, 7) is 2.03. The van der Waals surface area contributed by atoms with E-state index in [1.54, 1.807) is 6.20 Å².